The molecule has 0 aliphatic carbocycles. The van der Waals surface area contributed by atoms with Gasteiger partial charge in [0.25, 0.3) is 0 Å². The number of hydrogen-bond acceptors (Lipinski definition) is 2. The van der Waals surface area contributed by atoms with Crippen LogP contribution in [0.1, 0.15) is 0 Å². The summed E-state index contributed by atoms with van der Waals surface area (Å²) in [5.41, 5.74) is 0. The second-order valence-corrected chi connectivity index (χ2v) is 1.77. The van der Waals surface area contributed by atoms with Gasteiger partial charge >= 0.3 is 0 Å². The Balaban J connectivity index is 2.41. The lowest BCUT2D eigenvalue weighted by Crippen LogP contribution is -2.25. The Morgan fingerprint density at radius 2 is 2.44 bits per heavy atom. The SMILES string of the molecule is CN=C(NC#N)N1CC1. The number of rotatable bonds is 0. The first-order chi connectivity index (χ1) is 4.38. The molecule has 1 aliphatic heterocycles. The number of guanidine groups is 1. The minimum atomic E-state index is 0.678. The molecule has 4 nitrogen and oxygen atoms in total. The summed E-state index contributed by atoms with van der Waals surface area (Å²) in [7, 11) is 1.66. The van der Waals surface area contributed by atoms with Crippen LogP contribution in [0, 0.1) is 11.5 Å². The average molecular weight is 124 g/mol. The maximum atomic E-state index is 8.18. The quantitative estimate of drug-likeness (QED) is 0.154. The van der Waals surface area contributed by atoms with Crippen molar-refractivity contribution >= 4 is 5.96 Å². The average Bonchev–Trinajstić information content (AvgIpc) is 2.64. The van der Waals surface area contributed by atoms with E-state index in [0.717, 1.165) is 13.1 Å². The molecule has 0 aromatic heterocycles. The molecule has 1 N–H and O–H groups in total. The van der Waals surface area contributed by atoms with Crippen LogP contribution in [-0.2, 0) is 0 Å². The first kappa shape index (κ1) is 5.89. The van der Waals surface area contributed by atoms with Gasteiger partial charge in [0.15, 0.2) is 6.19 Å². The molecule has 0 spiro atoms. The third-order valence-electron chi connectivity index (χ3n) is 1.13. The van der Waals surface area contributed by atoms with Crippen LogP contribution in [0.25, 0.3) is 0 Å². The van der Waals surface area contributed by atoms with Crippen LogP contribution in [0.2, 0.25) is 0 Å². The summed E-state index contributed by atoms with van der Waals surface area (Å²) in [6, 6.07) is 0. The minimum absolute atomic E-state index is 0.678. The zero-order valence-corrected chi connectivity index (χ0v) is 5.26. The molecule has 1 aliphatic rings. The maximum Gasteiger partial charge on any atom is 0.207 e. The number of hydrogen-bond donors (Lipinski definition) is 1. The van der Waals surface area contributed by atoms with E-state index in [0.29, 0.717) is 5.96 Å². The Labute approximate surface area is 53.8 Å². The summed E-state index contributed by atoms with van der Waals surface area (Å²) in [6.07, 6.45) is 1.82. The molecule has 0 bridgehead atoms. The summed E-state index contributed by atoms with van der Waals surface area (Å²) in [6.45, 7) is 2.03. The smallest absolute Gasteiger partial charge is 0.207 e. The number of nitrogens with one attached hydrogen (secondary N) is 1. The van der Waals surface area contributed by atoms with E-state index in [2.05, 4.69) is 10.3 Å². The second kappa shape index (κ2) is 2.35. The highest BCUT2D eigenvalue weighted by atomic mass is 15.4. The van der Waals surface area contributed by atoms with Gasteiger partial charge in [-0.1, -0.05) is 0 Å². The van der Waals surface area contributed by atoms with E-state index in [1.165, 1.54) is 0 Å². The fourth-order valence-electron chi connectivity index (χ4n) is 0.588. The monoisotopic (exact) mass is 124 g/mol. The van der Waals surface area contributed by atoms with Crippen molar-refractivity contribution in [1.82, 2.24) is 10.2 Å². The van der Waals surface area contributed by atoms with Gasteiger partial charge < -0.3 is 4.90 Å². The van der Waals surface area contributed by atoms with Crippen molar-refractivity contribution in [1.29, 1.82) is 5.26 Å². The van der Waals surface area contributed by atoms with E-state index in [-0.39, 0.29) is 0 Å². The van der Waals surface area contributed by atoms with Crippen LogP contribution in [-0.4, -0.2) is 31.0 Å². The zero-order chi connectivity index (χ0) is 6.69. The van der Waals surface area contributed by atoms with Crippen molar-refractivity contribution in [3.8, 4) is 6.19 Å². The number of aliphatic imine (C=N–C) groups is 1. The number of nitriles is 1. The van der Waals surface area contributed by atoms with E-state index < -0.39 is 0 Å². The molecule has 1 rings (SSSR count). The fourth-order valence-corrected chi connectivity index (χ4v) is 0.588. The van der Waals surface area contributed by atoms with Crippen LogP contribution < -0.4 is 5.32 Å². The number of nitrogens with zero attached hydrogens (tertiary/aromatic N) is 3. The molecule has 1 heterocycles. The Hall–Kier alpha value is -1.24. The highest BCUT2D eigenvalue weighted by molar-refractivity contribution is 5.82. The van der Waals surface area contributed by atoms with Crippen molar-refractivity contribution in [2.75, 3.05) is 20.1 Å². The molecule has 9 heavy (non-hydrogen) atoms. The second-order valence-electron chi connectivity index (χ2n) is 1.77. The third kappa shape index (κ3) is 1.32. The predicted octanol–water partition coefficient (Wildman–Crippen LogP) is -0.642. The summed E-state index contributed by atoms with van der Waals surface area (Å²) in [5.74, 6) is 0.678. The Morgan fingerprint density at radius 3 is 2.78 bits per heavy atom. The first-order valence-electron chi connectivity index (χ1n) is 2.75. The Bertz CT molecular complexity index is 162. The van der Waals surface area contributed by atoms with Gasteiger partial charge in [0, 0.05) is 20.1 Å². The van der Waals surface area contributed by atoms with Gasteiger partial charge in [-0.2, -0.15) is 5.26 Å². The van der Waals surface area contributed by atoms with Gasteiger partial charge in [-0.05, 0) is 0 Å². The largest absolute Gasteiger partial charge is 0.339 e. The minimum Gasteiger partial charge on any atom is -0.339 e. The molecule has 0 atom stereocenters. The molecular formula is C5H8N4. The summed E-state index contributed by atoms with van der Waals surface area (Å²) >= 11 is 0. The van der Waals surface area contributed by atoms with Crippen molar-refractivity contribution in [3.63, 3.8) is 0 Å². The molecule has 0 saturated carbocycles. The van der Waals surface area contributed by atoms with Crippen LogP contribution in [0.5, 0.6) is 0 Å². The Kier molecular flexibility index (Phi) is 1.54. The topological polar surface area (TPSA) is 51.2 Å². The van der Waals surface area contributed by atoms with Gasteiger partial charge in [-0.25, -0.2) is 0 Å². The molecule has 1 saturated heterocycles. The van der Waals surface area contributed by atoms with E-state index in [4.69, 9.17) is 5.26 Å². The van der Waals surface area contributed by atoms with Crippen molar-refractivity contribution in [3.05, 3.63) is 0 Å². The summed E-state index contributed by atoms with van der Waals surface area (Å²) in [4.78, 5) is 5.82. The highest BCUT2D eigenvalue weighted by Crippen LogP contribution is 2.01. The molecule has 4 heteroatoms. The van der Waals surface area contributed by atoms with E-state index in [1.807, 2.05) is 11.1 Å². The zero-order valence-electron chi connectivity index (χ0n) is 5.26. The van der Waals surface area contributed by atoms with Gasteiger partial charge in [0.2, 0.25) is 5.96 Å². The Morgan fingerprint density at radius 1 is 1.78 bits per heavy atom. The molecular weight excluding hydrogens is 116 g/mol. The molecule has 0 unspecified atom stereocenters. The van der Waals surface area contributed by atoms with Crippen LogP contribution in [0.15, 0.2) is 4.99 Å². The summed E-state index contributed by atoms with van der Waals surface area (Å²) in [5, 5.41) is 10.7. The lowest BCUT2D eigenvalue weighted by atomic mass is 10.9. The molecule has 0 amide bonds. The van der Waals surface area contributed by atoms with Crippen LogP contribution in [0.3, 0.4) is 0 Å². The van der Waals surface area contributed by atoms with Crippen molar-refractivity contribution < 1.29 is 0 Å². The predicted molar refractivity (Wildman–Crippen MR) is 33.7 cm³/mol. The standard InChI is InChI=1S/C5H8N4/c1-7-5(8-4-6)9-2-3-9/h2-3H2,1H3,(H,7,8). The fraction of sp³-hybridized carbons (Fsp3) is 0.600. The molecule has 0 aromatic rings. The van der Waals surface area contributed by atoms with Gasteiger partial charge in [0.1, 0.15) is 0 Å². The van der Waals surface area contributed by atoms with Gasteiger partial charge in [-0.3, -0.25) is 10.3 Å². The lowest BCUT2D eigenvalue weighted by Gasteiger charge is -2.00. The van der Waals surface area contributed by atoms with Crippen molar-refractivity contribution in [2.24, 2.45) is 4.99 Å². The molecule has 1 fully saturated rings. The third-order valence-corrected chi connectivity index (χ3v) is 1.13. The van der Waals surface area contributed by atoms with E-state index in [9.17, 15) is 0 Å². The van der Waals surface area contributed by atoms with Crippen LogP contribution in [0.4, 0.5) is 0 Å². The molecule has 48 valence electrons. The van der Waals surface area contributed by atoms with Gasteiger partial charge in [-0.15, -0.1) is 0 Å². The van der Waals surface area contributed by atoms with E-state index >= 15 is 0 Å². The summed E-state index contributed by atoms with van der Waals surface area (Å²) < 4.78 is 0. The maximum absolute atomic E-state index is 8.18. The highest BCUT2D eigenvalue weighted by Gasteiger charge is 2.20. The normalized spacial score (nSPS) is 16.9. The molecule has 0 radical (unpaired) electrons. The first-order valence-corrected chi connectivity index (χ1v) is 2.75. The molecule has 0 aromatic carbocycles. The van der Waals surface area contributed by atoms with Crippen molar-refractivity contribution in [2.45, 2.75) is 0 Å². The van der Waals surface area contributed by atoms with Gasteiger partial charge in [0.05, 0.1) is 0 Å². The van der Waals surface area contributed by atoms with E-state index in [1.54, 1.807) is 7.05 Å². The lowest BCUT2D eigenvalue weighted by molar-refractivity contribution is 0.801. The van der Waals surface area contributed by atoms with Crippen LogP contribution >= 0.6 is 0 Å².